The zero-order chi connectivity index (χ0) is 14.7. The maximum absolute atomic E-state index is 13.4. The second-order valence-electron chi connectivity index (χ2n) is 3.52. The first-order valence-corrected chi connectivity index (χ1v) is 5.53. The van der Waals surface area contributed by atoms with E-state index in [0.29, 0.717) is 0 Å². The van der Waals surface area contributed by atoms with E-state index in [2.05, 4.69) is 15.3 Å². The fourth-order valence-corrected chi connectivity index (χ4v) is 1.68. The van der Waals surface area contributed by atoms with E-state index in [1.165, 1.54) is 12.1 Å². The van der Waals surface area contributed by atoms with Gasteiger partial charge in [0.15, 0.2) is 0 Å². The average molecular weight is 294 g/mol. The molecule has 0 saturated carbocycles. The van der Waals surface area contributed by atoms with Crippen molar-refractivity contribution in [2.24, 2.45) is 0 Å². The number of nitrogens with one attached hydrogen (secondary N) is 1. The van der Waals surface area contributed by atoms with E-state index in [-0.39, 0.29) is 22.2 Å². The van der Waals surface area contributed by atoms with E-state index >= 15 is 0 Å². The monoisotopic (exact) mass is 293 g/mol. The molecule has 0 aliphatic carbocycles. The van der Waals surface area contributed by atoms with Gasteiger partial charge in [0.05, 0.1) is 10.6 Å². The van der Waals surface area contributed by atoms with Crippen molar-refractivity contribution in [3.05, 3.63) is 51.2 Å². The van der Waals surface area contributed by atoms with E-state index in [9.17, 15) is 14.5 Å². The molecular formula is C11H5ClFN5O2. The van der Waals surface area contributed by atoms with Crippen LogP contribution in [0.3, 0.4) is 0 Å². The van der Waals surface area contributed by atoms with Crippen LogP contribution in [0.15, 0.2) is 24.5 Å². The number of nitriles is 1. The van der Waals surface area contributed by atoms with Crippen LogP contribution < -0.4 is 5.32 Å². The Bertz CT molecular complexity index is 731. The number of benzene rings is 1. The van der Waals surface area contributed by atoms with Crippen LogP contribution in [-0.2, 0) is 0 Å². The minimum atomic E-state index is -0.768. The SMILES string of the molecule is N#Cc1c(F)cccc1Nc1ncnc(Cl)c1[N+](=O)[O-]. The van der Waals surface area contributed by atoms with Gasteiger partial charge >= 0.3 is 5.69 Å². The molecule has 1 aromatic carbocycles. The molecule has 7 nitrogen and oxygen atoms in total. The normalized spacial score (nSPS) is 9.85. The van der Waals surface area contributed by atoms with Crippen molar-refractivity contribution in [2.45, 2.75) is 0 Å². The number of halogens is 2. The Morgan fingerprint density at radius 1 is 1.45 bits per heavy atom. The topological polar surface area (TPSA) is 105 Å². The molecule has 2 rings (SSSR count). The summed E-state index contributed by atoms with van der Waals surface area (Å²) in [5, 5.41) is 22.0. The lowest BCUT2D eigenvalue weighted by atomic mass is 10.2. The number of aromatic nitrogens is 2. The second kappa shape index (κ2) is 5.46. The third-order valence-corrected chi connectivity index (χ3v) is 2.62. The van der Waals surface area contributed by atoms with Gasteiger partial charge < -0.3 is 5.32 Å². The van der Waals surface area contributed by atoms with Crippen molar-refractivity contribution in [2.75, 3.05) is 5.32 Å². The average Bonchev–Trinajstić information content (AvgIpc) is 2.38. The fraction of sp³-hybridized carbons (Fsp3) is 0. The van der Waals surface area contributed by atoms with Crippen LogP contribution in [-0.4, -0.2) is 14.9 Å². The first kappa shape index (κ1) is 13.6. The molecular weight excluding hydrogens is 289 g/mol. The van der Waals surface area contributed by atoms with Gasteiger partial charge in [0.2, 0.25) is 11.0 Å². The minimum Gasteiger partial charge on any atom is -0.333 e. The molecule has 0 amide bonds. The van der Waals surface area contributed by atoms with Gasteiger partial charge in [-0.3, -0.25) is 10.1 Å². The number of hydrogen-bond donors (Lipinski definition) is 1. The highest BCUT2D eigenvalue weighted by Gasteiger charge is 2.22. The summed E-state index contributed by atoms with van der Waals surface area (Å²) in [7, 11) is 0. The molecule has 0 spiro atoms. The van der Waals surface area contributed by atoms with Crippen molar-refractivity contribution >= 4 is 28.8 Å². The summed E-state index contributed by atoms with van der Waals surface area (Å²) in [4.78, 5) is 17.3. The smallest absolute Gasteiger partial charge is 0.333 e. The highest BCUT2D eigenvalue weighted by molar-refractivity contribution is 6.31. The maximum atomic E-state index is 13.4. The molecule has 9 heteroatoms. The lowest BCUT2D eigenvalue weighted by Crippen LogP contribution is -2.03. The van der Waals surface area contributed by atoms with Crippen LogP contribution in [0.25, 0.3) is 0 Å². The number of anilines is 2. The lowest BCUT2D eigenvalue weighted by molar-refractivity contribution is -0.384. The molecule has 0 aliphatic rings. The van der Waals surface area contributed by atoms with Gasteiger partial charge in [0.1, 0.15) is 23.8 Å². The molecule has 0 radical (unpaired) electrons. The van der Waals surface area contributed by atoms with Gasteiger partial charge in [0, 0.05) is 0 Å². The Kier molecular flexibility index (Phi) is 3.72. The van der Waals surface area contributed by atoms with Crippen molar-refractivity contribution in [3.63, 3.8) is 0 Å². The third-order valence-electron chi connectivity index (χ3n) is 2.34. The first-order valence-electron chi connectivity index (χ1n) is 5.15. The van der Waals surface area contributed by atoms with Crippen molar-refractivity contribution in [1.82, 2.24) is 9.97 Å². The van der Waals surface area contributed by atoms with E-state index in [1.54, 1.807) is 6.07 Å². The molecule has 2 aromatic rings. The molecule has 20 heavy (non-hydrogen) atoms. The largest absolute Gasteiger partial charge is 0.348 e. The van der Waals surface area contributed by atoms with Crippen molar-refractivity contribution in [3.8, 4) is 6.07 Å². The Morgan fingerprint density at radius 2 is 2.20 bits per heavy atom. The molecule has 100 valence electrons. The molecule has 1 N–H and O–H groups in total. The molecule has 0 atom stereocenters. The van der Waals surface area contributed by atoms with E-state index in [4.69, 9.17) is 16.9 Å². The quantitative estimate of drug-likeness (QED) is 0.530. The molecule has 0 aliphatic heterocycles. The molecule has 0 saturated heterocycles. The van der Waals surface area contributed by atoms with Gasteiger partial charge in [0.25, 0.3) is 0 Å². The number of hydrogen-bond acceptors (Lipinski definition) is 6. The summed E-state index contributed by atoms with van der Waals surface area (Å²) in [6.07, 6.45) is 1.02. The van der Waals surface area contributed by atoms with Crippen molar-refractivity contribution in [1.29, 1.82) is 5.26 Å². The van der Waals surface area contributed by atoms with Crippen LogP contribution >= 0.6 is 11.6 Å². The zero-order valence-corrected chi connectivity index (χ0v) is 10.4. The van der Waals surface area contributed by atoms with Gasteiger partial charge in [-0.1, -0.05) is 17.7 Å². The van der Waals surface area contributed by atoms with Gasteiger partial charge in [-0.2, -0.15) is 5.26 Å². The minimum absolute atomic E-state index is 0.0466. The fourth-order valence-electron chi connectivity index (χ4n) is 1.48. The molecule has 0 unspecified atom stereocenters. The Labute approximate surface area is 116 Å². The Morgan fingerprint density at radius 3 is 2.85 bits per heavy atom. The standard InChI is InChI=1S/C11H5ClFN5O2/c12-10-9(18(19)20)11(16-5-15-10)17-8-3-1-2-7(13)6(8)4-14/h1-3,5H,(H,15,16,17). The van der Waals surface area contributed by atoms with Crippen LogP contribution in [0.5, 0.6) is 0 Å². The number of rotatable bonds is 3. The van der Waals surface area contributed by atoms with Crippen LogP contribution in [0.1, 0.15) is 5.56 Å². The van der Waals surface area contributed by atoms with E-state index in [0.717, 1.165) is 12.4 Å². The molecule has 1 aromatic heterocycles. The van der Waals surface area contributed by atoms with Crippen LogP contribution in [0, 0.1) is 27.3 Å². The first-order chi connectivity index (χ1) is 9.54. The Hall–Kier alpha value is -2.79. The number of nitro groups is 1. The Balaban J connectivity index is 2.52. The lowest BCUT2D eigenvalue weighted by Gasteiger charge is -2.08. The van der Waals surface area contributed by atoms with Gasteiger partial charge in [-0.25, -0.2) is 14.4 Å². The van der Waals surface area contributed by atoms with Gasteiger partial charge in [-0.15, -0.1) is 0 Å². The third kappa shape index (κ3) is 2.48. The summed E-state index contributed by atoms with van der Waals surface area (Å²) >= 11 is 5.62. The molecule has 0 bridgehead atoms. The predicted molar refractivity (Wildman–Crippen MR) is 68.1 cm³/mol. The summed E-state index contributed by atoms with van der Waals surface area (Å²) in [5.74, 6) is -0.975. The van der Waals surface area contributed by atoms with Crippen LogP contribution in [0.4, 0.5) is 21.6 Å². The highest BCUT2D eigenvalue weighted by atomic mass is 35.5. The number of nitrogens with zero attached hydrogens (tertiary/aromatic N) is 4. The van der Waals surface area contributed by atoms with Gasteiger partial charge in [-0.05, 0) is 12.1 Å². The highest BCUT2D eigenvalue weighted by Crippen LogP contribution is 2.31. The van der Waals surface area contributed by atoms with E-state index < -0.39 is 16.4 Å². The summed E-state index contributed by atoms with van der Waals surface area (Å²) in [6.45, 7) is 0. The van der Waals surface area contributed by atoms with Crippen molar-refractivity contribution < 1.29 is 9.31 Å². The zero-order valence-electron chi connectivity index (χ0n) is 9.67. The maximum Gasteiger partial charge on any atom is 0.348 e. The summed E-state index contributed by atoms with van der Waals surface area (Å²) in [6, 6.07) is 5.51. The van der Waals surface area contributed by atoms with Crippen LogP contribution in [0.2, 0.25) is 5.15 Å². The summed E-state index contributed by atoms with van der Waals surface area (Å²) < 4.78 is 13.4. The summed E-state index contributed by atoms with van der Waals surface area (Å²) in [5.41, 5.74) is -0.788. The molecule has 0 fully saturated rings. The predicted octanol–water partition coefficient (Wildman–Crippen LogP) is 2.79. The van der Waals surface area contributed by atoms with E-state index in [1.807, 2.05) is 0 Å². The molecule has 1 heterocycles. The second-order valence-corrected chi connectivity index (χ2v) is 3.88.